The fraction of sp³-hybridized carbons (Fsp3) is 0.323. The van der Waals surface area contributed by atoms with Crippen LogP contribution in [0.4, 0.5) is 23.0 Å². The van der Waals surface area contributed by atoms with Crippen LogP contribution >= 0.6 is 11.6 Å². The van der Waals surface area contributed by atoms with Crippen LogP contribution in [-0.4, -0.2) is 71.7 Å². The van der Waals surface area contributed by atoms with Crippen LogP contribution < -0.4 is 20.3 Å². The number of nitriles is 1. The molecule has 2 aromatic heterocycles. The van der Waals surface area contributed by atoms with Crippen LogP contribution in [0.1, 0.15) is 24.2 Å². The van der Waals surface area contributed by atoms with E-state index in [2.05, 4.69) is 33.2 Å². The summed E-state index contributed by atoms with van der Waals surface area (Å²) in [5, 5.41) is 16.0. The predicted octanol–water partition coefficient (Wildman–Crippen LogP) is 4.88. The van der Waals surface area contributed by atoms with Crippen LogP contribution in [0.3, 0.4) is 0 Å². The van der Waals surface area contributed by atoms with Crippen molar-refractivity contribution in [3.8, 4) is 17.6 Å². The zero-order chi connectivity index (χ0) is 30.5. The Morgan fingerprint density at radius 3 is 2.65 bits per heavy atom. The number of fused-ring (bicyclic) bond motifs is 2. The Bertz CT molecular complexity index is 1800. The molecule has 4 aromatic rings. The minimum atomic E-state index is -0.333. The Morgan fingerprint density at radius 2 is 2.00 bits per heavy atom. The minimum absolute atomic E-state index is 0.0453. The molecule has 220 valence electrons. The number of likely N-dealkylation sites (N-methyl/N-ethyl adjacent to an activating group) is 2. The minimum Gasteiger partial charge on any atom is -0.494 e. The molecule has 2 fully saturated rings. The maximum absolute atomic E-state index is 12.4. The van der Waals surface area contributed by atoms with E-state index in [1.807, 2.05) is 42.7 Å². The molecule has 43 heavy (non-hydrogen) atoms. The van der Waals surface area contributed by atoms with Gasteiger partial charge in [-0.3, -0.25) is 9.36 Å². The molecule has 0 atom stereocenters. The first-order valence-electron chi connectivity index (χ1n) is 13.9. The van der Waals surface area contributed by atoms with Gasteiger partial charge < -0.3 is 25.2 Å². The van der Waals surface area contributed by atoms with Gasteiger partial charge in [0.25, 0.3) is 0 Å². The average Bonchev–Trinajstić information content (AvgIpc) is 3.85. The molecule has 1 amide bonds. The number of rotatable bonds is 11. The van der Waals surface area contributed by atoms with Gasteiger partial charge in [-0.1, -0.05) is 18.2 Å². The van der Waals surface area contributed by atoms with Crippen molar-refractivity contribution in [1.29, 1.82) is 5.26 Å². The molecule has 2 aliphatic rings. The second kappa shape index (κ2) is 10.9. The zero-order valence-electron chi connectivity index (χ0n) is 24.5. The number of methoxy groups -OCH3 is 1. The molecule has 2 aromatic carbocycles. The lowest BCUT2D eigenvalue weighted by Gasteiger charge is -2.26. The van der Waals surface area contributed by atoms with Gasteiger partial charge in [0.1, 0.15) is 16.6 Å². The van der Waals surface area contributed by atoms with E-state index in [1.54, 1.807) is 31.5 Å². The molecule has 2 saturated carbocycles. The van der Waals surface area contributed by atoms with Crippen LogP contribution in [0.2, 0.25) is 5.02 Å². The van der Waals surface area contributed by atoms with Crippen molar-refractivity contribution in [3.05, 3.63) is 65.6 Å². The summed E-state index contributed by atoms with van der Waals surface area (Å²) in [5.74, 6) is 2.52. The number of nitrogens with one attached hydrogen (secondary N) is 2. The molecule has 11 nitrogen and oxygen atoms in total. The quantitative estimate of drug-likeness (QED) is 0.233. The number of carbonyl (C=O) groups excluding carboxylic acids is 1. The summed E-state index contributed by atoms with van der Waals surface area (Å²) in [6.45, 7) is 5.14. The molecule has 2 heterocycles. The van der Waals surface area contributed by atoms with Crippen molar-refractivity contribution in [2.45, 2.75) is 18.3 Å². The van der Waals surface area contributed by atoms with Crippen LogP contribution in [0, 0.1) is 17.2 Å². The number of hydrogen-bond donors (Lipinski definition) is 2. The van der Waals surface area contributed by atoms with Gasteiger partial charge in [-0.25, -0.2) is 9.97 Å². The lowest BCUT2D eigenvalue weighted by molar-refractivity contribution is -0.111. The topological polar surface area (TPSA) is 124 Å². The number of aromatic nitrogens is 4. The number of imidazole rings is 1. The van der Waals surface area contributed by atoms with Gasteiger partial charge in [-0.05, 0) is 63.2 Å². The van der Waals surface area contributed by atoms with Gasteiger partial charge >= 0.3 is 0 Å². The smallest absolute Gasteiger partial charge is 0.247 e. The summed E-state index contributed by atoms with van der Waals surface area (Å²) in [4.78, 5) is 30.7. The zero-order valence-corrected chi connectivity index (χ0v) is 25.2. The summed E-state index contributed by atoms with van der Waals surface area (Å²) in [6.07, 6.45) is 4.95. The van der Waals surface area contributed by atoms with Crippen LogP contribution in [0.25, 0.3) is 16.9 Å². The highest BCUT2D eigenvalue weighted by Crippen LogP contribution is 2.75. The van der Waals surface area contributed by atoms with Crippen LogP contribution in [0.5, 0.6) is 5.75 Å². The summed E-state index contributed by atoms with van der Waals surface area (Å²) in [6, 6.07) is 11.3. The summed E-state index contributed by atoms with van der Waals surface area (Å²) in [5.41, 5.74) is 4.05. The third-order valence-electron chi connectivity index (χ3n) is 8.15. The van der Waals surface area contributed by atoms with E-state index in [4.69, 9.17) is 26.3 Å². The largest absolute Gasteiger partial charge is 0.494 e. The van der Waals surface area contributed by atoms with Gasteiger partial charge in [-0.15, -0.1) is 0 Å². The number of benzene rings is 2. The maximum Gasteiger partial charge on any atom is 0.247 e. The van der Waals surface area contributed by atoms with Crippen molar-refractivity contribution in [1.82, 2.24) is 24.4 Å². The summed E-state index contributed by atoms with van der Waals surface area (Å²) >= 11 is 6.73. The SMILES string of the molecule is C=CC(=O)Nc1cc(Nc2ncc(Cl)c(-n3c(C45CC4C5)nc4cc(C#N)ccc43)n2)c(OC)cc1N(C)CCN(C)C. The monoisotopic (exact) mass is 597 g/mol. The fourth-order valence-electron chi connectivity index (χ4n) is 5.37. The Balaban J connectivity index is 1.40. The highest BCUT2D eigenvalue weighted by Gasteiger charge is 2.73. The van der Waals surface area contributed by atoms with E-state index in [0.717, 1.165) is 48.5 Å². The molecule has 0 saturated heterocycles. The third-order valence-corrected chi connectivity index (χ3v) is 8.42. The molecule has 12 heteroatoms. The van der Waals surface area contributed by atoms with Gasteiger partial charge in [0.2, 0.25) is 11.9 Å². The van der Waals surface area contributed by atoms with Gasteiger partial charge in [0.05, 0.1) is 53.0 Å². The van der Waals surface area contributed by atoms with Crippen molar-refractivity contribution in [3.63, 3.8) is 0 Å². The second-order valence-corrected chi connectivity index (χ2v) is 11.7. The van der Waals surface area contributed by atoms with Gasteiger partial charge in [0.15, 0.2) is 5.82 Å². The molecular formula is C31H32ClN9O2. The molecule has 2 N–H and O–H groups in total. The molecule has 2 aliphatic carbocycles. The van der Waals surface area contributed by atoms with Crippen molar-refractivity contribution < 1.29 is 9.53 Å². The van der Waals surface area contributed by atoms with Crippen molar-refractivity contribution >= 4 is 51.6 Å². The summed E-state index contributed by atoms with van der Waals surface area (Å²) in [7, 11) is 7.56. The van der Waals surface area contributed by atoms with E-state index >= 15 is 0 Å². The first-order chi connectivity index (χ1) is 20.7. The predicted molar refractivity (Wildman–Crippen MR) is 168 cm³/mol. The third kappa shape index (κ3) is 5.24. The number of anilines is 4. The normalized spacial score (nSPS) is 18.1. The van der Waals surface area contributed by atoms with E-state index < -0.39 is 0 Å². The number of ether oxygens (including phenoxy) is 1. The highest BCUT2D eigenvalue weighted by atomic mass is 35.5. The number of hydrogen-bond acceptors (Lipinski definition) is 9. The lowest BCUT2D eigenvalue weighted by atomic mass is 10.2. The Kier molecular flexibility index (Phi) is 7.20. The molecule has 0 aliphatic heterocycles. The number of halogens is 1. The molecule has 0 spiro atoms. The molecule has 6 rings (SSSR count). The molecular weight excluding hydrogens is 566 g/mol. The van der Waals surface area contributed by atoms with Crippen LogP contribution in [-0.2, 0) is 10.2 Å². The number of amides is 1. The molecule has 0 bridgehead atoms. The van der Waals surface area contributed by atoms with Crippen LogP contribution in [0.15, 0.2) is 49.2 Å². The number of nitrogens with zero attached hydrogens (tertiary/aromatic N) is 7. The average molecular weight is 598 g/mol. The number of carbonyl (C=O) groups is 1. The van der Waals surface area contributed by atoms with E-state index in [9.17, 15) is 10.1 Å². The molecule has 0 radical (unpaired) electrons. The van der Waals surface area contributed by atoms with E-state index in [1.165, 1.54) is 6.08 Å². The van der Waals surface area contributed by atoms with Gasteiger partial charge in [-0.2, -0.15) is 10.2 Å². The lowest BCUT2D eigenvalue weighted by Crippen LogP contribution is -2.29. The Labute approximate surface area is 254 Å². The van der Waals surface area contributed by atoms with E-state index in [0.29, 0.717) is 39.4 Å². The first kappa shape index (κ1) is 28.5. The fourth-order valence-corrected chi connectivity index (χ4v) is 5.54. The van der Waals surface area contributed by atoms with E-state index in [-0.39, 0.29) is 17.3 Å². The summed E-state index contributed by atoms with van der Waals surface area (Å²) < 4.78 is 7.74. The maximum atomic E-state index is 12.4. The first-order valence-corrected chi connectivity index (χ1v) is 14.3. The van der Waals surface area contributed by atoms with Crippen molar-refractivity contribution in [2.24, 2.45) is 5.92 Å². The standard InChI is InChI=1S/C31H32ClN9O2/c1-6-27(42)35-22-12-23(26(43-5)13-25(22)40(4)10-9-39(2)3)37-30-34-17-20(32)28(38-30)41-24-8-7-18(16-33)11-21(24)36-29(41)31-14-19(31)15-31/h6-8,11-13,17,19H,1,9-10,14-15H2,2-5H3,(H,35,42)(H,34,37,38). The van der Waals surface area contributed by atoms with Crippen molar-refractivity contribution in [2.75, 3.05) is 56.9 Å². The second-order valence-electron chi connectivity index (χ2n) is 11.3. The Morgan fingerprint density at radius 1 is 1.23 bits per heavy atom. The highest BCUT2D eigenvalue weighted by molar-refractivity contribution is 6.32. The Hall–Kier alpha value is -4.66. The van der Waals surface area contributed by atoms with Gasteiger partial charge in [0, 0.05) is 31.6 Å². The molecule has 0 unspecified atom stereocenters.